The third-order valence-electron chi connectivity index (χ3n) is 2.67. The van der Waals surface area contributed by atoms with Gasteiger partial charge in [0.2, 0.25) is 0 Å². The second-order valence-electron chi connectivity index (χ2n) is 4.03. The number of rotatable bonds is 5. The molecule has 0 spiro atoms. The van der Waals surface area contributed by atoms with E-state index in [1.807, 2.05) is 4.90 Å². The average Bonchev–Trinajstić information content (AvgIpc) is 2.14. The van der Waals surface area contributed by atoms with Crippen LogP contribution >= 0.6 is 0 Å². The molecule has 1 rings (SSSR count). The Labute approximate surface area is 89.0 Å². The third kappa shape index (κ3) is 3.20. The van der Waals surface area contributed by atoms with Crippen LogP contribution in [0.2, 0.25) is 0 Å². The largest absolute Gasteiger partial charge is 0.480 e. The van der Waals surface area contributed by atoms with E-state index < -0.39 is 12.0 Å². The van der Waals surface area contributed by atoms with Crippen molar-refractivity contribution in [3.8, 4) is 0 Å². The van der Waals surface area contributed by atoms with Crippen molar-refractivity contribution < 1.29 is 19.4 Å². The highest BCUT2D eigenvalue weighted by Gasteiger charge is 2.33. The summed E-state index contributed by atoms with van der Waals surface area (Å²) in [6.07, 6.45) is 0.493. The Hall–Kier alpha value is -1.10. The number of aliphatic carboxylic acids is 1. The van der Waals surface area contributed by atoms with Crippen molar-refractivity contribution in [1.82, 2.24) is 4.90 Å². The fourth-order valence-electron chi connectivity index (χ4n) is 1.82. The van der Waals surface area contributed by atoms with Crippen LogP contribution in [-0.2, 0) is 14.3 Å². The Morgan fingerprint density at radius 1 is 1.53 bits per heavy atom. The Balaban J connectivity index is 2.38. The first-order valence-electron chi connectivity index (χ1n) is 5.08. The van der Waals surface area contributed by atoms with E-state index in [-0.39, 0.29) is 12.4 Å². The molecule has 1 aliphatic rings. The molecule has 0 aliphatic carbocycles. The summed E-state index contributed by atoms with van der Waals surface area (Å²) in [4.78, 5) is 23.7. The molecule has 1 atom stereocenters. The van der Waals surface area contributed by atoms with Gasteiger partial charge < -0.3 is 9.84 Å². The lowest BCUT2D eigenvalue weighted by Crippen LogP contribution is -2.54. The fourth-order valence-corrected chi connectivity index (χ4v) is 1.82. The molecule has 1 unspecified atom stereocenters. The van der Waals surface area contributed by atoms with E-state index in [9.17, 15) is 9.59 Å². The van der Waals surface area contributed by atoms with Crippen LogP contribution in [0.15, 0.2) is 0 Å². The summed E-state index contributed by atoms with van der Waals surface area (Å²) >= 11 is 0. The number of hydrogen-bond donors (Lipinski definition) is 1. The van der Waals surface area contributed by atoms with Crippen molar-refractivity contribution in [2.45, 2.75) is 25.8 Å². The lowest BCUT2D eigenvalue weighted by Gasteiger charge is -2.41. The smallest absolute Gasteiger partial charge is 0.320 e. The van der Waals surface area contributed by atoms with Crippen LogP contribution < -0.4 is 0 Å². The lowest BCUT2D eigenvalue weighted by molar-refractivity contribution is -0.147. The Bertz CT molecular complexity index is 248. The van der Waals surface area contributed by atoms with E-state index in [2.05, 4.69) is 11.7 Å². The second-order valence-corrected chi connectivity index (χ2v) is 4.03. The van der Waals surface area contributed by atoms with Gasteiger partial charge in [0, 0.05) is 19.5 Å². The predicted octanol–water partition coefficient (Wildman–Crippen LogP) is 0.345. The number of carboxylic acid groups (broad SMARTS) is 1. The molecule has 1 saturated heterocycles. The molecule has 0 saturated carbocycles. The zero-order valence-corrected chi connectivity index (χ0v) is 9.10. The number of hydrogen-bond acceptors (Lipinski definition) is 4. The van der Waals surface area contributed by atoms with Crippen LogP contribution in [-0.4, -0.2) is 48.2 Å². The van der Waals surface area contributed by atoms with Gasteiger partial charge in [0.1, 0.15) is 6.04 Å². The van der Waals surface area contributed by atoms with Crippen LogP contribution in [0.25, 0.3) is 0 Å². The molecule has 1 fully saturated rings. The van der Waals surface area contributed by atoms with Gasteiger partial charge in [-0.1, -0.05) is 6.92 Å². The number of likely N-dealkylation sites (tertiary alicyclic amines) is 1. The van der Waals surface area contributed by atoms with E-state index in [4.69, 9.17) is 5.11 Å². The van der Waals surface area contributed by atoms with Crippen molar-refractivity contribution in [3.05, 3.63) is 0 Å². The minimum absolute atomic E-state index is 0.165. The molecule has 0 aromatic rings. The number of carbonyl (C=O) groups is 2. The van der Waals surface area contributed by atoms with Crippen molar-refractivity contribution in [3.63, 3.8) is 0 Å². The predicted molar refractivity (Wildman–Crippen MR) is 53.4 cm³/mol. The van der Waals surface area contributed by atoms with Gasteiger partial charge in [0.25, 0.3) is 0 Å². The maximum atomic E-state index is 10.9. The van der Waals surface area contributed by atoms with Crippen LogP contribution in [0.4, 0.5) is 0 Å². The first kappa shape index (κ1) is 12.0. The van der Waals surface area contributed by atoms with Crippen LogP contribution in [0, 0.1) is 5.92 Å². The van der Waals surface area contributed by atoms with Gasteiger partial charge in [-0.05, 0) is 12.3 Å². The zero-order valence-electron chi connectivity index (χ0n) is 9.10. The van der Waals surface area contributed by atoms with Gasteiger partial charge in [-0.2, -0.15) is 0 Å². The Kier molecular flexibility index (Phi) is 4.08. The summed E-state index contributed by atoms with van der Waals surface area (Å²) in [5.41, 5.74) is 0. The van der Waals surface area contributed by atoms with Gasteiger partial charge >= 0.3 is 11.9 Å². The molecule has 1 aliphatic heterocycles. The second kappa shape index (κ2) is 5.11. The number of ether oxygens (including phenoxy) is 1. The molecule has 86 valence electrons. The van der Waals surface area contributed by atoms with Crippen molar-refractivity contribution in [1.29, 1.82) is 0 Å². The molecule has 15 heavy (non-hydrogen) atoms. The summed E-state index contributed by atoms with van der Waals surface area (Å²) in [6, 6.07) is -0.541. The number of carbonyl (C=O) groups excluding carboxylic acids is 1. The Morgan fingerprint density at radius 3 is 2.53 bits per heavy atom. The molecule has 1 heterocycles. The molecule has 0 bridgehead atoms. The number of nitrogens with zero attached hydrogens (tertiary/aromatic N) is 1. The van der Waals surface area contributed by atoms with Gasteiger partial charge in [0.15, 0.2) is 0 Å². The standard InChI is InChI=1S/C10H17NO4/c1-7-5-11(6-7)8(10(13)14)3-4-9(12)15-2/h7-8H,3-6H2,1-2H3,(H,13,14). The Morgan fingerprint density at radius 2 is 2.13 bits per heavy atom. The lowest BCUT2D eigenvalue weighted by atomic mass is 9.97. The highest BCUT2D eigenvalue weighted by molar-refractivity contribution is 5.75. The summed E-state index contributed by atoms with van der Waals surface area (Å²) in [7, 11) is 1.31. The van der Waals surface area contributed by atoms with Crippen LogP contribution in [0.1, 0.15) is 19.8 Å². The van der Waals surface area contributed by atoms with Crippen LogP contribution in [0.3, 0.4) is 0 Å². The SMILES string of the molecule is COC(=O)CCC(C(=O)O)N1CC(C)C1. The normalized spacial score (nSPS) is 19.3. The van der Waals surface area contributed by atoms with Gasteiger partial charge in [-0.3, -0.25) is 14.5 Å². The number of esters is 1. The highest BCUT2D eigenvalue weighted by atomic mass is 16.5. The molecular weight excluding hydrogens is 198 g/mol. The maximum absolute atomic E-state index is 10.9. The van der Waals surface area contributed by atoms with E-state index in [0.717, 1.165) is 13.1 Å². The molecule has 0 amide bonds. The molecule has 0 aromatic carbocycles. The highest BCUT2D eigenvalue weighted by Crippen LogP contribution is 2.20. The average molecular weight is 215 g/mol. The maximum Gasteiger partial charge on any atom is 0.320 e. The minimum Gasteiger partial charge on any atom is -0.480 e. The van der Waals surface area contributed by atoms with Crippen molar-refractivity contribution in [2.75, 3.05) is 20.2 Å². The van der Waals surface area contributed by atoms with E-state index >= 15 is 0 Å². The number of methoxy groups -OCH3 is 1. The molecule has 5 heteroatoms. The van der Waals surface area contributed by atoms with E-state index in [0.29, 0.717) is 12.3 Å². The van der Waals surface area contributed by atoms with E-state index in [1.165, 1.54) is 7.11 Å². The van der Waals surface area contributed by atoms with E-state index in [1.54, 1.807) is 0 Å². The summed E-state index contributed by atoms with van der Waals surface area (Å²) in [5.74, 6) is -0.648. The molecule has 0 radical (unpaired) electrons. The zero-order chi connectivity index (χ0) is 11.4. The van der Waals surface area contributed by atoms with Crippen molar-refractivity contribution >= 4 is 11.9 Å². The van der Waals surface area contributed by atoms with Gasteiger partial charge in [-0.15, -0.1) is 0 Å². The fraction of sp³-hybridized carbons (Fsp3) is 0.800. The van der Waals surface area contributed by atoms with Gasteiger partial charge in [0.05, 0.1) is 7.11 Å². The summed E-state index contributed by atoms with van der Waals surface area (Å²) in [5, 5.41) is 8.99. The quantitative estimate of drug-likeness (QED) is 0.670. The summed E-state index contributed by atoms with van der Waals surface area (Å²) in [6.45, 7) is 3.69. The van der Waals surface area contributed by atoms with Gasteiger partial charge in [-0.25, -0.2) is 0 Å². The van der Waals surface area contributed by atoms with Crippen LogP contribution in [0.5, 0.6) is 0 Å². The molecule has 1 N–H and O–H groups in total. The minimum atomic E-state index is -0.856. The third-order valence-corrected chi connectivity index (χ3v) is 2.67. The first-order valence-corrected chi connectivity index (χ1v) is 5.08. The molecule has 0 aromatic heterocycles. The topological polar surface area (TPSA) is 66.8 Å². The molecule has 5 nitrogen and oxygen atoms in total. The first-order chi connectivity index (χ1) is 7.04. The summed E-state index contributed by atoms with van der Waals surface area (Å²) < 4.78 is 4.48. The number of carboxylic acids is 1. The van der Waals surface area contributed by atoms with Crippen molar-refractivity contribution in [2.24, 2.45) is 5.92 Å². The monoisotopic (exact) mass is 215 g/mol. The molecular formula is C10H17NO4.